The topological polar surface area (TPSA) is 156 Å². The summed E-state index contributed by atoms with van der Waals surface area (Å²) in [5, 5.41) is 34.9. The second-order valence-electron chi connectivity index (χ2n) is 9.59. The number of amidine groups is 1. The van der Waals surface area contributed by atoms with E-state index in [1.165, 1.54) is 6.07 Å². The van der Waals surface area contributed by atoms with Crippen molar-refractivity contribution in [2.45, 2.75) is 39.2 Å². The zero-order valence-corrected chi connectivity index (χ0v) is 19.4. The highest BCUT2D eigenvalue weighted by Crippen LogP contribution is 2.50. The number of phenolic OH excluding ortho intramolecular Hbond substituents is 1. The summed E-state index contributed by atoms with van der Waals surface area (Å²) in [5.74, 6) is -5.03. The van der Waals surface area contributed by atoms with Gasteiger partial charge in [0, 0.05) is 18.2 Å². The summed E-state index contributed by atoms with van der Waals surface area (Å²) < 4.78 is 0. The number of nitrogens with zero attached hydrogens (tertiary/aromatic N) is 2. The average Bonchev–Trinajstić information content (AvgIpc) is 3.13. The van der Waals surface area contributed by atoms with Crippen molar-refractivity contribution in [1.82, 2.24) is 4.90 Å². The van der Waals surface area contributed by atoms with Crippen LogP contribution in [-0.4, -0.2) is 45.0 Å². The first-order chi connectivity index (χ1) is 16.6. The van der Waals surface area contributed by atoms with Crippen molar-refractivity contribution in [2.24, 2.45) is 28.5 Å². The van der Waals surface area contributed by atoms with Crippen molar-refractivity contribution in [3.63, 3.8) is 0 Å². The maximum atomic E-state index is 13.6. The van der Waals surface area contributed by atoms with Crippen molar-refractivity contribution in [3.05, 3.63) is 58.0 Å². The van der Waals surface area contributed by atoms with Crippen molar-refractivity contribution in [1.29, 1.82) is 0 Å². The molecule has 5 rings (SSSR count). The number of primary amides is 1. The van der Waals surface area contributed by atoms with Crippen molar-refractivity contribution in [3.8, 4) is 5.75 Å². The van der Waals surface area contributed by atoms with Crippen LogP contribution in [0.25, 0.3) is 5.76 Å². The van der Waals surface area contributed by atoms with E-state index in [1.54, 1.807) is 6.07 Å². The number of fused-ring (bicyclic) bond motifs is 3. The fraction of sp³-hybridized carbons (Fsp3) is 0.385. The number of ketones is 2. The molecule has 4 aliphatic rings. The SMILES string of the molecule is C/C=C\N1C[C@@H](c2ccc(O)c3c2CC2CC4CC(=O)C(C(N)=O)=C(O)C4C(=O)C2=C3[O-])N=C1C. The Kier molecular flexibility index (Phi) is 5.30. The van der Waals surface area contributed by atoms with Gasteiger partial charge in [0.05, 0.1) is 18.5 Å². The Morgan fingerprint density at radius 3 is 2.69 bits per heavy atom. The zero-order valence-electron chi connectivity index (χ0n) is 19.4. The van der Waals surface area contributed by atoms with Gasteiger partial charge in [-0.05, 0) is 61.3 Å². The van der Waals surface area contributed by atoms with Gasteiger partial charge in [-0.15, -0.1) is 0 Å². The van der Waals surface area contributed by atoms with Crippen LogP contribution in [0.5, 0.6) is 5.75 Å². The third-order valence-corrected chi connectivity index (χ3v) is 7.60. The molecule has 1 amide bonds. The van der Waals surface area contributed by atoms with Gasteiger partial charge >= 0.3 is 0 Å². The highest BCUT2D eigenvalue weighted by atomic mass is 16.3. The molecular weight excluding hydrogens is 450 g/mol. The number of carbonyl (C=O) groups excluding carboxylic acids is 3. The number of aliphatic imine (C=N–C) groups is 1. The predicted octanol–water partition coefficient (Wildman–Crippen LogP) is 1.42. The molecule has 9 nitrogen and oxygen atoms in total. The Hall–Kier alpha value is -3.88. The van der Waals surface area contributed by atoms with Crippen LogP contribution in [-0.2, 0) is 20.8 Å². The van der Waals surface area contributed by atoms with Gasteiger partial charge in [0.2, 0.25) is 0 Å². The summed E-state index contributed by atoms with van der Waals surface area (Å²) in [5.41, 5.74) is 6.27. The molecule has 3 aliphatic carbocycles. The summed E-state index contributed by atoms with van der Waals surface area (Å²) in [4.78, 5) is 44.4. The first-order valence-electron chi connectivity index (χ1n) is 11.6. The quantitative estimate of drug-likeness (QED) is 0.557. The Bertz CT molecular complexity index is 1300. The summed E-state index contributed by atoms with van der Waals surface area (Å²) in [6.45, 7) is 4.42. The molecule has 1 heterocycles. The van der Waals surface area contributed by atoms with E-state index in [2.05, 4.69) is 0 Å². The second kappa shape index (κ2) is 8.11. The number of aliphatic hydroxyl groups excluding tert-OH is 1. The number of hydrogen-bond acceptors (Lipinski definition) is 8. The lowest BCUT2D eigenvalue weighted by molar-refractivity contribution is -0.246. The molecule has 0 bridgehead atoms. The van der Waals surface area contributed by atoms with Crippen LogP contribution in [0, 0.1) is 17.8 Å². The third-order valence-electron chi connectivity index (χ3n) is 7.60. The van der Waals surface area contributed by atoms with Crippen LogP contribution in [0.1, 0.15) is 49.4 Å². The van der Waals surface area contributed by atoms with Gasteiger partial charge in [-0.3, -0.25) is 19.4 Å². The number of aromatic hydroxyl groups is 1. The second-order valence-corrected chi connectivity index (χ2v) is 9.59. The highest BCUT2D eigenvalue weighted by molar-refractivity contribution is 6.21. The Morgan fingerprint density at radius 1 is 1.26 bits per heavy atom. The van der Waals surface area contributed by atoms with E-state index in [1.807, 2.05) is 31.0 Å². The molecule has 0 spiro atoms. The van der Waals surface area contributed by atoms with Gasteiger partial charge < -0.3 is 26.0 Å². The number of hydrogen-bond donors (Lipinski definition) is 3. The minimum atomic E-state index is -1.16. The van der Waals surface area contributed by atoms with Crippen molar-refractivity contribution >= 4 is 29.1 Å². The van der Waals surface area contributed by atoms with Gasteiger partial charge in [0.15, 0.2) is 11.6 Å². The molecule has 0 aromatic heterocycles. The van der Waals surface area contributed by atoms with Gasteiger partial charge in [-0.2, -0.15) is 0 Å². The first-order valence-corrected chi connectivity index (χ1v) is 11.6. The Morgan fingerprint density at radius 2 is 2.00 bits per heavy atom. The molecule has 1 aromatic carbocycles. The number of rotatable bonds is 3. The molecule has 182 valence electrons. The van der Waals surface area contributed by atoms with E-state index in [4.69, 9.17) is 10.7 Å². The lowest BCUT2D eigenvalue weighted by Crippen LogP contribution is -2.45. The number of Topliss-reactive ketones (excluding diaryl/α,β-unsaturated/α-hetero) is 2. The maximum absolute atomic E-state index is 13.6. The molecule has 1 saturated carbocycles. The molecule has 1 aromatic rings. The highest BCUT2D eigenvalue weighted by Gasteiger charge is 2.49. The number of allylic oxidation sites excluding steroid dienone is 3. The largest absolute Gasteiger partial charge is 0.872 e. The fourth-order valence-corrected chi connectivity index (χ4v) is 6.13. The predicted molar refractivity (Wildman–Crippen MR) is 125 cm³/mol. The van der Waals surface area contributed by atoms with Gasteiger partial charge in [-0.25, -0.2) is 0 Å². The number of aliphatic hydroxyl groups is 1. The number of amides is 1. The molecule has 0 saturated heterocycles. The molecule has 4 N–H and O–H groups in total. The summed E-state index contributed by atoms with van der Waals surface area (Å²) in [6, 6.07) is 3.00. The number of benzene rings is 1. The van der Waals surface area contributed by atoms with E-state index in [0.717, 1.165) is 11.4 Å². The third kappa shape index (κ3) is 3.37. The van der Waals surface area contributed by atoms with Gasteiger partial charge in [-0.1, -0.05) is 17.9 Å². The molecule has 3 unspecified atom stereocenters. The van der Waals surface area contributed by atoms with Crippen molar-refractivity contribution < 1.29 is 29.7 Å². The minimum Gasteiger partial charge on any atom is -0.872 e. The van der Waals surface area contributed by atoms with Crippen LogP contribution in [0.15, 0.2) is 46.3 Å². The number of phenols is 1. The molecule has 1 fully saturated rings. The summed E-state index contributed by atoms with van der Waals surface area (Å²) in [7, 11) is 0. The van der Waals surface area contributed by atoms with Crippen LogP contribution < -0.4 is 10.8 Å². The number of nitrogens with two attached hydrogens (primary N) is 1. The first kappa shape index (κ1) is 22.9. The van der Waals surface area contributed by atoms with Crippen LogP contribution in [0.3, 0.4) is 0 Å². The standard InChI is InChI=1S/C26H27N3O6/c1-3-6-29-10-16(28-11(29)2)14-4-5-17(30)21-15(14)8-12-7-13-9-18(31)22(26(27)35)25(34)20(13)23(32)19(12)24(21)33/h3-6,12-13,16,20,30,33-34H,7-10H2,1-2H3,(H2,27,35)/p-1/b6-3-/t12?,13?,16-,20?/m0/s1. The molecule has 35 heavy (non-hydrogen) atoms. The van der Waals surface area contributed by atoms with Crippen LogP contribution in [0.2, 0.25) is 0 Å². The Balaban J connectivity index is 1.60. The van der Waals surface area contributed by atoms with Gasteiger partial charge in [0.25, 0.3) is 5.91 Å². The van der Waals surface area contributed by atoms with E-state index < -0.39 is 52.3 Å². The zero-order chi connectivity index (χ0) is 25.2. The van der Waals surface area contributed by atoms with Crippen LogP contribution >= 0.6 is 0 Å². The summed E-state index contributed by atoms with van der Waals surface area (Å²) in [6.07, 6.45) is 4.42. The van der Waals surface area contributed by atoms with E-state index >= 15 is 0 Å². The van der Waals surface area contributed by atoms with Gasteiger partial charge in [0.1, 0.15) is 22.9 Å². The molecule has 1 aliphatic heterocycles. The minimum absolute atomic E-state index is 0.00225. The fourth-order valence-electron chi connectivity index (χ4n) is 6.13. The smallest absolute Gasteiger partial charge is 0.255 e. The van der Waals surface area contributed by atoms with E-state index in [-0.39, 0.29) is 29.3 Å². The molecule has 4 atom stereocenters. The lowest BCUT2D eigenvalue weighted by atomic mass is 9.61. The molecule has 9 heteroatoms. The molecular formula is C26H26N3O6-. The molecule has 0 radical (unpaired) electrons. The maximum Gasteiger partial charge on any atom is 0.255 e. The van der Waals surface area contributed by atoms with E-state index in [9.17, 15) is 29.7 Å². The normalized spacial score (nSPS) is 28.3. The lowest BCUT2D eigenvalue weighted by Gasteiger charge is -2.44. The van der Waals surface area contributed by atoms with Crippen molar-refractivity contribution in [2.75, 3.05) is 6.54 Å². The summed E-state index contributed by atoms with van der Waals surface area (Å²) >= 11 is 0. The Labute approximate surface area is 202 Å². The number of carbonyl (C=O) groups is 3. The van der Waals surface area contributed by atoms with Crippen LogP contribution in [0.4, 0.5) is 0 Å². The van der Waals surface area contributed by atoms with E-state index in [0.29, 0.717) is 24.9 Å². The average molecular weight is 477 g/mol. The monoisotopic (exact) mass is 476 g/mol.